The summed E-state index contributed by atoms with van der Waals surface area (Å²) in [6, 6.07) is 18.6. The number of rotatable bonds is 8. The molecule has 0 aliphatic heterocycles. The smallest absolute Gasteiger partial charge is 0.124 e. The van der Waals surface area contributed by atoms with Gasteiger partial charge in [0.15, 0.2) is 0 Å². The third kappa shape index (κ3) is 4.56. The first-order valence-electron chi connectivity index (χ1n) is 8.47. The number of halogens is 1. The maximum Gasteiger partial charge on any atom is 0.124 e. The third-order valence-electron chi connectivity index (χ3n) is 4.12. The molecule has 4 heteroatoms. The van der Waals surface area contributed by atoms with Crippen molar-refractivity contribution in [2.24, 2.45) is 0 Å². The molecule has 2 N–H and O–H groups in total. The number of aliphatic hydroxyl groups excluding tert-OH is 1. The molecule has 0 spiro atoms. The van der Waals surface area contributed by atoms with Crippen LogP contribution in [0.25, 0.3) is 10.8 Å². The summed E-state index contributed by atoms with van der Waals surface area (Å²) in [7, 11) is 0. The van der Waals surface area contributed by atoms with Gasteiger partial charge in [-0.05, 0) is 47.5 Å². The summed E-state index contributed by atoms with van der Waals surface area (Å²) < 4.78 is 19.0. The van der Waals surface area contributed by atoms with Gasteiger partial charge in [-0.2, -0.15) is 0 Å². The molecule has 130 valence electrons. The molecule has 0 amide bonds. The van der Waals surface area contributed by atoms with Gasteiger partial charge in [0.25, 0.3) is 0 Å². The Bertz CT molecular complexity index is 818. The van der Waals surface area contributed by atoms with Crippen LogP contribution < -0.4 is 10.1 Å². The molecule has 0 saturated heterocycles. The Morgan fingerprint density at radius 1 is 0.960 bits per heavy atom. The molecular weight excluding hydrogens is 317 g/mol. The molecule has 0 aromatic heterocycles. The van der Waals surface area contributed by atoms with E-state index in [0.29, 0.717) is 13.2 Å². The number of aliphatic hydroxyl groups is 1. The van der Waals surface area contributed by atoms with Crippen LogP contribution in [-0.4, -0.2) is 18.3 Å². The topological polar surface area (TPSA) is 41.5 Å². The zero-order valence-electron chi connectivity index (χ0n) is 14.0. The summed E-state index contributed by atoms with van der Waals surface area (Å²) in [4.78, 5) is 0. The number of hydrogen-bond acceptors (Lipinski definition) is 3. The standard InChI is InChI=1S/C21H22FNO2/c22-18-9-6-16(7-10-18)15-25-21-11-8-17-4-1-2-5-19(17)20(21)14-23-12-3-13-24/h1-2,4-11,23-24H,3,12-15H2. The lowest BCUT2D eigenvalue weighted by Crippen LogP contribution is -2.16. The Labute approximate surface area is 147 Å². The minimum absolute atomic E-state index is 0.177. The van der Waals surface area contributed by atoms with E-state index in [4.69, 9.17) is 9.84 Å². The lowest BCUT2D eigenvalue weighted by atomic mass is 10.0. The molecule has 0 aliphatic rings. The Kier molecular flexibility index (Phi) is 5.99. The maximum atomic E-state index is 13.0. The van der Waals surface area contributed by atoms with Gasteiger partial charge in [-0.1, -0.05) is 42.5 Å². The molecule has 3 rings (SSSR count). The number of fused-ring (bicyclic) bond motifs is 1. The van der Waals surface area contributed by atoms with Crippen molar-refractivity contribution in [2.45, 2.75) is 19.6 Å². The van der Waals surface area contributed by atoms with Gasteiger partial charge in [0.2, 0.25) is 0 Å². The molecule has 3 nitrogen and oxygen atoms in total. The lowest BCUT2D eigenvalue weighted by Gasteiger charge is -2.15. The normalized spacial score (nSPS) is 11.0. The van der Waals surface area contributed by atoms with E-state index in [2.05, 4.69) is 17.4 Å². The summed E-state index contributed by atoms with van der Waals surface area (Å²) in [6.45, 7) is 1.98. The Morgan fingerprint density at radius 2 is 1.76 bits per heavy atom. The van der Waals surface area contributed by atoms with E-state index in [9.17, 15) is 4.39 Å². The zero-order chi connectivity index (χ0) is 17.5. The van der Waals surface area contributed by atoms with Gasteiger partial charge in [-0.25, -0.2) is 4.39 Å². The van der Waals surface area contributed by atoms with Crippen molar-refractivity contribution < 1.29 is 14.2 Å². The highest BCUT2D eigenvalue weighted by molar-refractivity contribution is 5.87. The maximum absolute atomic E-state index is 13.0. The highest BCUT2D eigenvalue weighted by atomic mass is 19.1. The van der Waals surface area contributed by atoms with E-state index in [0.717, 1.165) is 40.6 Å². The van der Waals surface area contributed by atoms with Crippen LogP contribution in [0.2, 0.25) is 0 Å². The van der Waals surface area contributed by atoms with E-state index in [1.165, 1.54) is 12.1 Å². The van der Waals surface area contributed by atoms with Crippen molar-refractivity contribution in [3.05, 3.63) is 77.6 Å². The summed E-state index contributed by atoms with van der Waals surface area (Å²) in [5.41, 5.74) is 2.02. The van der Waals surface area contributed by atoms with Crippen LogP contribution in [0.3, 0.4) is 0 Å². The average Bonchev–Trinajstić information content (AvgIpc) is 2.65. The molecule has 0 radical (unpaired) electrons. The van der Waals surface area contributed by atoms with E-state index in [-0.39, 0.29) is 12.4 Å². The number of hydrogen-bond donors (Lipinski definition) is 2. The van der Waals surface area contributed by atoms with Crippen LogP contribution in [0.4, 0.5) is 4.39 Å². The first-order chi connectivity index (χ1) is 12.3. The summed E-state index contributed by atoms with van der Waals surface area (Å²) >= 11 is 0. The van der Waals surface area contributed by atoms with Gasteiger partial charge in [0.1, 0.15) is 18.2 Å². The minimum atomic E-state index is -0.247. The van der Waals surface area contributed by atoms with Crippen LogP contribution in [0, 0.1) is 5.82 Å². The summed E-state index contributed by atoms with van der Waals surface area (Å²) in [6.07, 6.45) is 0.719. The van der Waals surface area contributed by atoms with E-state index < -0.39 is 0 Å². The van der Waals surface area contributed by atoms with Crippen molar-refractivity contribution in [1.82, 2.24) is 5.32 Å². The largest absolute Gasteiger partial charge is 0.489 e. The first-order valence-corrected chi connectivity index (χ1v) is 8.47. The molecule has 0 bridgehead atoms. The fraction of sp³-hybridized carbons (Fsp3) is 0.238. The molecule has 0 aliphatic carbocycles. The first kappa shape index (κ1) is 17.4. The molecule has 3 aromatic rings. The minimum Gasteiger partial charge on any atom is -0.489 e. The fourth-order valence-electron chi connectivity index (χ4n) is 2.79. The second-order valence-electron chi connectivity index (χ2n) is 5.93. The van der Waals surface area contributed by atoms with Gasteiger partial charge in [0.05, 0.1) is 0 Å². The quantitative estimate of drug-likeness (QED) is 0.609. The SMILES string of the molecule is OCCCNCc1c(OCc2ccc(F)cc2)ccc2ccccc12. The number of nitrogens with one attached hydrogen (secondary N) is 1. The number of benzene rings is 3. The van der Waals surface area contributed by atoms with Crippen LogP contribution in [0.5, 0.6) is 5.75 Å². The summed E-state index contributed by atoms with van der Waals surface area (Å²) in [5, 5.41) is 14.6. The van der Waals surface area contributed by atoms with Crippen LogP contribution in [0.15, 0.2) is 60.7 Å². The molecule has 0 fully saturated rings. The van der Waals surface area contributed by atoms with Gasteiger partial charge in [-0.15, -0.1) is 0 Å². The predicted molar refractivity (Wildman–Crippen MR) is 98.1 cm³/mol. The van der Waals surface area contributed by atoms with E-state index in [1.807, 2.05) is 24.3 Å². The molecule has 3 aromatic carbocycles. The van der Waals surface area contributed by atoms with Crippen molar-refractivity contribution in [2.75, 3.05) is 13.2 Å². The highest BCUT2D eigenvalue weighted by Crippen LogP contribution is 2.28. The van der Waals surface area contributed by atoms with Crippen LogP contribution in [-0.2, 0) is 13.2 Å². The van der Waals surface area contributed by atoms with Crippen LogP contribution in [0.1, 0.15) is 17.5 Å². The predicted octanol–water partition coefficient (Wildman–Crippen LogP) is 4.03. The Hall–Kier alpha value is -2.43. The zero-order valence-corrected chi connectivity index (χ0v) is 14.0. The highest BCUT2D eigenvalue weighted by Gasteiger charge is 2.09. The van der Waals surface area contributed by atoms with Gasteiger partial charge in [0, 0.05) is 18.7 Å². The lowest BCUT2D eigenvalue weighted by molar-refractivity contribution is 0.285. The van der Waals surface area contributed by atoms with Crippen molar-refractivity contribution >= 4 is 10.8 Å². The van der Waals surface area contributed by atoms with Crippen molar-refractivity contribution in [3.63, 3.8) is 0 Å². The van der Waals surface area contributed by atoms with Gasteiger partial charge in [-0.3, -0.25) is 0 Å². The molecule has 25 heavy (non-hydrogen) atoms. The second-order valence-corrected chi connectivity index (χ2v) is 5.93. The van der Waals surface area contributed by atoms with E-state index in [1.54, 1.807) is 12.1 Å². The number of ether oxygens (including phenoxy) is 1. The molecular formula is C21H22FNO2. The van der Waals surface area contributed by atoms with Gasteiger partial charge >= 0.3 is 0 Å². The van der Waals surface area contributed by atoms with Crippen molar-refractivity contribution in [1.29, 1.82) is 0 Å². The second kappa shape index (κ2) is 8.60. The molecule has 0 unspecified atom stereocenters. The molecule has 0 saturated carbocycles. The van der Waals surface area contributed by atoms with Gasteiger partial charge < -0.3 is 15.2 Å². The third-order valence-corrected chi connectivity index (χ3v) is 4.12. The Balaban J connectivity index is 1.81. The molecule has 0 atom stereocenters. The monoisotopic (exact) mass is 339 g/mol. The summed E-state index contributed by atoms with van der Waals surface area (Å²) in [5.74, 6) is 0.572. The Morgan fingerprint density at radius 3 is 2.56 bits per heavy atom. The fourth-order valence-corrected chi connectivity index (χ4v) is 2.79. The van der Waals surface area contributed by atoms with Crippen LogP contribution >= 0.6 is 0 Å². The average molecular weight is 339 g/mol. The molecule has 0 heterocycles. The van der Waals surface area contributed by atoms with E-state index >= 15 is 0 Å². The van der Waals surface area contributed by atoms with Crippen molar-refractivity contribution in [3.8, 4) is 5.75 Å².